The van der Waals surface area contributed by atoms with Gasteiger partial charge in [0.1, 0.15) is 11.0 Å². The van der Waals surface area contributed by atoms with Crippen LogP contribution in [0.5, 0.6) is 0 Å². The van der Waals surface area contributed by atoms with Crippen molar-refractivity contribution < 1.29 is 9.18 Å². The van der Waals surface area contributed by atoms with Gasteiger partial charge in [-0.15, -0.1) is 0 Å². The summed E-state index contributed by atoms with van der Waals surface area (Å²) >= 11 is 5.82. The number of pyridine rings is 2. The normalized spacial score (nSPS) is 22.6. The van der Waals surface area contributed by atoms with Crippen molar-refractivity contribution in [3.8, 4) is 0 Å². The smallest absolute Gasteiger partial charge is 0.227 e. The van der Waals surface area contributed by atoms with Gasteiger partial charge < -0.3 is 5.32 Å². The van der Waals surface area contributed by atoms with E-state index in [2.05, 4.69) is 22.2 Å². The van der Waals surface area contributed by atoms with Crippen LogP contribution < -0.4 is 5.32 Å². The van der Waals surface area contributed by atoms with Gasteiger partial charge in [-0.2, -0.15) is 0 Å². The number of halogens is 2. The van der Waals surface area contributed by atoms with Gasteiger partial charge >= 0.3 is 0 Å². The summed E-state index contributed by atoms with van der Waals surface area (Å²) in [7, 11) is 0. The molecule has 4 rings (SSSR count). The summed E-state index contributed by atoms with van der Waals surface area (Å²) in [6, 6.07) is 10.2. The maximum atomic E-state index is 13.8. The molecule has 0 saturated heterocycles. The van der Waals surface area contributed by atoms with Crippen molar-refractivity contribution in [1.29, 1.82) is 0 Å². The molecule has 1 saturated carbocycles. The Balaban J connectivity index is 1.46. The summed E-state index contributed by atoms with van der Waals surface area (Å²) in [5.41, 5.74) is 2.55. The Morgan fingerprint density at radius 2 is 1.97 bits per heavy atom. The summed E-state index contributed by atoms with van der Waals surface area (Å²) in [6.07, 6.45) is 7.17. The zero-order chi connectivity index (χ0) is 21.3. The molecule has 0 radical (unpaired) electrons. The van der Waals surface area contributed by atoms with Gasteiger partial charge in [0.05, 0.1) is 17.4 Å². The number of carbonyl (C=O) groups excluding carboxylic acids is 1. The highest BCUT2D eigenvalue weighted by molar-refractivity contribution is 6.29. The van der Waals surface area contributed by atoms with Crippen LogP contribution in [0.3, 0.4) is 0 Å². The summed E-state index contributed by atoms with van der Waals surface area (Å²) in [5.74, 6) is -0.0299. The number of hydrogen-bond acceptors (Lipinski definition) is 3. The van der Waals surface area contributed by atoms with E-state index >= 15 is 0 Å². The zero-order valence-corrected chi connectivity index (χ0v) is 17.9. The fourth-order valence-electron chi connectivity index (χ4n) is 4.53. The number of amides is 1. The molecule has 4 nitrogen and oxygen atoms in total. The van der Waals surface area contributed by atoms with Gasteiger partial charge in [-0.1, -0.05) is 25.4 Å². The average Bonchev–Trinajstić information content (AvgIpc) is 2.75. The Morgan fingerprint density at radius 3 is 2.67 bits per heavy atom. The van der Waals surface area contributed by atoms with Gasteiger partial charge in [0.25, 0.3) is 0 Å². The second-order valence-corrected chi connectivity index (χ2v) is 8.96. The summed E-state index contributed by atoms with van der Waals surface area (Å²) in [5, 5.41) is 4.25. The molecular weight excluding hydrogens is 401 g/mol. The minimum Gasteiger partial charge on any atom is -0.324 e. The molecule has 0 bridgehead atoms. The Hall–Kier alpha value is -2.53. The number of nitrogens with one attached hydrogen (secondary N) is 1. The third-order valence-corrected chi connectivity index (χ3v) is 6.96. The Kier molecular flexibility index (Phi) is 5.74. The van der Waals surface area contributed by atoms with E-state index in [4.69, 9.17) is 11.6 Å². The van der Waals surface area contributed by atoms with E-state index in [1.807, 2.05) is 13.0 Å². The van der Waals surface area contributed by atoms with Gasteiger partial charge in [-0.05, 0) is 79.0 Å². The molecule has 2 aromatic heterocycles. The molecule has 1 N–H and O–H groups in total. The van der Waals surface area contributed by atoms with E-state index < -0.39 is 0 Å². The van der Waals surface area contributed by atoms with Crippen molar-refractivity contribution in [3.63, 3.8) is 0 Å². The van der Waals surface area contributed by atoms with Crippen LogP contribution in [0.25, 0.3) is 10.9 Å². The first-order chi connectivity index (χ1) is 14.4. The van der Waals surface area contributed by atoms with Gasteiger partial charge in [-0.3, -0.25) is 9.78 Å². The number of fused-ring (bicyclic) bond motifs is 1. The summed E-state index contributed by atoms with van der Waals surface area (Å²) < 4.78 is 13.8. The molecule has 3 aromatic rings. The largest absolute Gasteiger partial charge is 0.324 e. The molecule has 1 aromatic carbocycles. The van der Waals surface area contributed by atoms with Crippen LogP contribution >= 0.6 is 11.6 Å². The van der Waals surface area contributed by atoms with Crippen LogP contribution in [-0.4, -0.2) is 15.9 Å². The molecule has 30 heavy (non-hydrogen) atoms. The van der Waals surface area contributed by atoms with Crippen molar-refractivity contribution >= 4 is 34.1 Å². The Labute approximate surface area is 180 Å². The van der Waals surface area contributed by atoms with Gasteiger partial charge in [-0.25, -0.2) is 9.37 Å². The van der Waals surface area contributed by atoms with E-state index in [-0.39, 0.29) is 23.1 Å². The van der Waals surface area contributed by atoms with Crippen LogP contribution in [0, 0.1) is 17.2 Å². The zero-order valence-electron chi connectivity index (χ0n) is 17.2. The van der Waals surface area contributed by atoms with Crippen molar-refractivity contribution in [2.75, 3.05) is 5.32 Å². The standard InChI is InChI=1S/C24H25ClFN3O/c1-15(23(30)29-18-4-6-22(25)28-14-18)24(2)10-7-16(8-11-24)19-9-12-27-21-5-3-17(26)13-20(19)21/h3-6,9,12-16H,7-8,10-11H2,1-2H3,(H,29,30)/t15-,16-,24+/m1/s1. The lowest BCUT2D eigenvalue weighted by atomic mass is 9.64. The van der Waals surface area contributed by atoms with Crippen LogP contribution in [0.15, 0.2) is 48.8 Å². The predicted octanol–water partition coefficient (Wildman–Crippen LogP) is 6.36. The number of anilines is 1. The molecule has 0 unspecified atom stereocenters. The van der Waals surface area contributed by atoms with E-state index in [0.29, 0.717) is 16.8 Å². The number of nitrogens with zero attached hydrogens (tertiary/aromatic N) is 2. The molecule has 1 atom stereocenters. The van der Waals surface area contributed by atoms with Crippen molar-refractivity contribution in [2.45, 2.75) is 45.4 Å². The second-order valence-electron chi connectivity index (χ2n) is 8.57. The lowest BCUT2D eigenvalue weighted by Crippen LogP contribution is -2.37. The monoisotopic (exact) mass is 425 g/mol. The lowest BCUT2D eigenvalue weighted by molar-refractivity contribution is -0.123. The third-order valence-electron chi connectivity index (χ3n) is 6.74. The molecule has 156 valence electrons. The van der Waals surface area contributed by atoms with Gasteiger partial charge in [0, 0.05) is 17.5 Å². The maximum Gasteiger partial charge on any atom is 0.227 e. The highest BCUT2D eigenvalue weighted by atomic mass is 35.5. The van der Waals surface area contributed by atoms with E-state index in [0.717, 1.165) is 42.1 Å². The number of carbonyl (C=O) groups is 1. The highest BCUT2D eigenvalue weighted by Crippen LogP contribution is 2.48. The van der Waals surface area contributed by atoms with Crippen molar-refractivity contribution in [1.82, 2.24) is 9.97 Å². The lowest BCUT2D eigenvalue weighted by Gasteiger charge is -2.41. The van der Waals surface area contributed by atoms with Crippen LogP contribution in [0.1, 0.15) is 51.0 Å². The minimum absolute atomic E-state index is 0.00324. The Bertz CT molecular complexity index is 1060. The molecule has 6 heteroatoms. The number of hydrogen-bond donors (Lipinski definition) is 1. The van der Waals surface area contributed by atoms with E-state index in [1.54, 1.807) is 36.7 Å². The highest BCUT2D eigenvalue weighted by Gasteiger charge is 2.39. The van der Waals surface area contributed by atoms with Crippen molar-refractivity contribution in [2.24, 2.45) is 11.3 Å². The second kappa shape index (κ2) is 8.31. The fraction of sp³-hybridized carbons (Fsp3) is 0.375. The van der Waals surface area contributed by atoms with Crippen LogP contribution in [-0.2, 0) is 4.79 Å². The third kappa shape index (κ3) is 4.17. The summed E-state index contributed by atoms with van der Waals surface area (Å²) in [6.45, 7) is 4.19. The molecule has 1 aliphatic rings. The van der Waals surface area contributed by atoms with E-state index in [9.17, 15) is 9.18 Å². The average molecular weight is 426 g/mol. The first-order valence-electron chi connectivity index (χ1n) is 10.3. The van der Waals surface area contributed by atoms with Gasteiger partial charge in [0.15, 0.2) is 0 Å². The first-order valence-corrected chi connectivity index (χ1v) is 10.7. The first kappa shape index (κ1) is 20.7. The SMILES string of the molecule is C[C@H](C(=O)Nc1ccc(Cl)nc1)[C@]1(C)CC[C@H](c2ccnc3ccc(F)cc32)CC1. The molecular formula is C24H25ClFN3O. The number of benzene rings is 1. The van der Waals surface area contributed by atoms with Crippen LogP contribution in [0.4, 0.5) is 10.1 Å². The van der Waals surface area contributed by atoms with E-state index in [1.165, 1.54) is 6.07 Å². The maximum absolute atomic E-state index is 13.8. The topological polar surface area (TPSA) is 54.9 Å². The quantitative estimate of drug-likeness (QED) is 0.494. The molecule has 0 aliphatic heterocycles. The Morgan fingerprint density at radius 1 is 1.20 bits per heavy atom. The predicted molar refractivity (Wildman–Crippen MR) is 118 cm³/mol. The fourth-order valence-corrected chi connectivity index (χ4v) is 4.65. The molecule has 1 fully saturated rings. The number of rotatable bonds is 4. The molecule has 0 spiro atoms. The van der Waals surface area contributed by atoms with Crippen LogP contribution in [0.2, 0.25) is 5.15 Å². The van der Waals surface area contributed by atoms with Gasteiger partial charge in [0.2, 0.25) is 5.91 Å². The van der Waals surface area contributed by atoms with Crippen molar-refractivity contribution in [3.05, 3.63) is 65.3 Å². The molecule has 1 aliphatic carbocycles. The molecule has 2 heterocycles. The molecule has 1 amide bonds. The minimum atomic E-state index is -0.237. The number of aromatic nitrogens is 2. The summed E-state index contributed by atoms with van der Waals surface area (Å²) in [4.78, 5) is 21.2.